The van der Waals surface area contributed by atoms with Gasteiger partial charge in [-0.25, -0.2) is 4.39 Å². The summed E-state index contributed by atoms with van der Waals surface area (Å²) in [5.74, 6) is -0.179. The largest absolute Gasteiger partial charge is 0.379 e. The lowest BCUT2D eigenvalue weighted by Crippen LogP contribution is -2.31. The van der Waals surface area contributed by atoms with E-state index in [1.807, 2.05) is 6.07 Å². The average Bonchev–Trinajstić information content (AvgIpc) is 2.50. The molecule has 1 aromatic rings. The molecule has 0 saturated carbocycles. The third kappa shape index (κ3) is 2.48. The lowest BCUT2D eigenvalue weighted by Gasteiger charge is -2.18. The molecule has 0 bridgehead atoms. The summed E-state index contributed by atoms with van der Waals surface area (Å²) >= 11 is 0. The minimum atomic E-state index is -0.179. The highest BCUT2D eigenvalue weighted by atomic mass is 19.1. The highest BCUT2D eigenvalue weighted by Gasteiger charge is 2.30. The van der Waals surface area contributed by atoms with Gasteiger partial charge in [-0.15, -0.1) is 0 Å². The van der Waals surface area contributed by atoms with E-state index >= 15 is 0 Å². The van der Waals surface area contributed by atoms with E-state index in [0.29, 0.717) is 11.7 Å². The summed E-state index contributed by atoms with van der Waals surface area (Å²) < 4.78 is 13.4. The second kappa shape index (κ2) is 3.81. The molecule has 0 amide bonds. The van der Waals surface area contributed by atoms with Gasteiger partial charge in [0.05, 0.1) is 5.69 Å². The quantitative estimate of drug-likeness (QED) is 0.779. The van der Waals surface area contributed by atoms with Gasteiger partial charge in [-0.1, -0.05) is 12.1 Å². The van der Waals surface area contributed by atoms with Gasteiger partial charge in [0.1, 0.15) is 5.82 Å². The summed E-state index contributed by atoms with van der Waals surface area (Å²) in [6.07, 6.45) is 1.02. The molecule has 1 aromatic carbocycles. The lowest BCUT2D eigenvalue weighted by molar-refractivity contribution is 0.457. The minimum absolute atomic E-state index is 0.156. The van der Waals surface area contributed by atoms with Crippen molar-refractivity contribution in [3.63, 3.8) is 0 Å². The maximum atomic E-state index is 13.4. The Morgan fingerprint density at radius 1 is 1.40 bits per heavy atom. The molecule has 1 atom stereocenters. The van der Waals surface area contributed by atoms with Crippen LogP contribution in [0.2, 0.25) is 0 Å². The van der Waals surface area contributed by atoms with Crippen LogP contribution in [0.5, 0.6) is 0 Å². The number of para-hydroxylation sites is 1. The fourth-order valence-electron chi connectivity index (χ4n) is 2.06. The fraction of sp³-hybridized carbons (Fsp3) is 0.500. The van der Waals surface area contributed by atoms with Gasteiger partial charge >= 0.3 is 0 Å². The smallest absolute Gasteiger partial charge is 0.146 e. The first-order valence-corrected chi connectivity index (χ1v) is 5.33. The highest BCUT2D eigenvalue weighted by Crippen LogP contribution is 2.22. The number of nitrogens with one attached hydrogen (secondary N) is 2. The minimum Gasteiger partial charge on any atom is -0.379 e. The van der Waals surface area contributed by atoms with Crippen molar-refractivity contribution in [1.82, 2.24) is 5.32 Å². The zero-order valence-corrected chi connectivity index (χ0v) is 9.18. The molecule has 1 aliphatic heterocycles. The van der Waals surface area contributed by atoms with Gasteiger partial charge in [0, 0.05) is 18.1 Å². The van der Waals surface area contributed by atoms with Crippen LogP contribution < -0.4 is 10.6 Å². The third-order valence-corrected chi connectivity index (χ3v) is 2.82. The summed E-state index contributed by atoms with van der Waals surface area (Å²) in [4.78, 5) is 0. The normalized spacial score (nSPS) is 24.1. The number of anilines is 1. The van der Waals surface area contributed by atoms with Gasteiger partial charge in [0.25, 0.3) is 0 Å². The van der Waals surface area contributed by atoms with E-state index in [-0.39, 0.29) is 11.4 Å². The Bertz CT molecular complexity index is 349. The van der Waals surface area contributed by atoms with Crippen LogP contribution >= 0.6 is 0 Å². The molecule has 1 fully saturated rings. The summed E-state index contributed by atoms with van der Waals surface area (Å²) in [6.45, 7) is 5.22. The van der Waals surface area contributed by atoms with E-state index in [1.54, 1.807) is 12.1 Å². The number of hydrogen-bond donors (Lipinski definition) is 2. The van der Waals surface area contributed by atoms with Gasteiger partial charge in [-0.2, -0.15) is 0 Å². The summed E-state index contributed by atoms with van der Waals surface area (Å²) in [5, 5.41) is 6.63. The molecule has 1 heterocycles. The van der Waals surface area contributed by atoms with Crippen molar-refractivity contribution < 1.29 is 4.39 Å². The maximum absolute atomic E-state index is 13.4. The van der Waals surface area contributed by atoms with Crippen molar-refractivity contribution in [1.29, 1.82) is 0 Å². The summed E-state index contributed by atoms with van der Waals surface area (Å²) in [6, 6.07) is 7.13. The van der Waals surface area contributed by atoms with Crippen molar-refractivity contribution >= 4 is 5.69 Å². The van der Waals surface area contributed by atoms with Crippen molar-refractivity contribution in [2.24, 2.45) is 0 Å². The number of rotatable bonds is 2. The Labute approximate surface area is 89.9 Å². The van der Waals surface area contributed by atoms with Crippen LogP contribution in [0.15, 0.2) is 24.3 Å². The Morgan fingerprint density at radius 3 is 2.73 bits per heavy atom. The molecule has 1 unspecified atom stereocenters. The van der Waals surface area contributed by atoms with Crippen LogP contribution in [0.4, 0.5) is 10.1 Å². The second-order valence-electron chi connectivity index (χ2n) is 4.79. The molecule has 2 N–H and O–H groups in total. The molecule has 1 aliphatic rings. The number of hydrogen-bond acceptors (Lipinski definition) is 2. The number of benzene rings is 1. The Morgan fingerprint density at radius 2 is 2.13 bits per heavy atom. The van der Waals surface area contributed by atoms with Crippen LogP contribution in [0.3, 0.4) is 0 Å². The van der Waals surface area contributed by atoms with Crippen molar-refractivity contribution in [2.45, 2.75) is 31.8 Å². The first-order valence-electron chi connectivity index (χ1n) is 5.33. The average molecular weight is 208 g/mol. The van der Waals surface area contributed by atoms with Crippen molar-refractivity contribution in [2.75, 3.05) is 11.9 Å². The predicted molar refractivity (Wildman–Crippen MR) is 60.5 cm³/mol. The molecule has 2 rings (SSSR count). The first-order chi connectivity index (χ1) is 7.07. The van der Waals surface area contributed by atoms with Crippen LogP contribution in [0.1, 0.15) is 20.3 Å². The van der Waals surface area contributed by atoms with E-state index in [1.165, 1.54) is 6.07 Å². The Kier molecular flexibility index (Phi) is 2.65. The molecule has 3 heteroatoms. The van der Waals surface area contributed by atoms with Gasteiger partial charge in [-0.05, 0) is 32.4 Å². The Balaban J connectivity index is 2.02. The number of halogens is 1. The molecule has 82 valence electrons. The van der Waals surface area contributed by atoms with E-state index in [2.05, 4.69) is 24.5 Å². The van der Waals surface area contributed by atoms with Gasteiger partial charge in [-0.3, -0.25) is 0 Å². The van der Waals surface area contributed by atoms with Gasteiger partial charge in [0.15, 0.2) is 0 Å². The van der Waals surface area contributed by atoms with Crippen LogP contribution in [0, 0.1) is 5.82 Å². The molecule has 0 spiro atoms. The molecule has 0 aliphatic carbocycles. The zero-order valence-electron chi connectivity index (χ0n) is 9.18. The molecular weight excluding hydrogens is 191 g/mol. The summed E-state index contributed by atoms with van der Waals surface area (Å²) in [5.41, 5.74) is 0.755. The van der Waals surface area contributed by atoms with Crippen molar-refractivity contribution in [3.8, 4) is 0 Å². The molecule has 0 radical (unpaired) electrons. The van der Waals surface area contributed by atoms with Gasteiger partial charge < -0.3 is 10.6 Å². The topological polar surface area (TPSA) is 24.1 Å². The first kappa shape index (κ1) is 10.4. The van der Waals surface area contributed by atoms with Crippen LogP contribution in [0.25, 0.3) is 0 Å². The van der Waals surface area contributed by atoms with E-state index in [4.69, 9.17) is 0 Å². The maximum Gasteiger partial charge on any atom is 0.146 e. The molecule has 15 heavy (non-hydrogen) atoms. The van der Waals surface area contributed by atoms with Crippen LogP contribution in [-0.4, -0.2) is 18.1 Å². The van der Waals surface area contributed by atoms with Crippen molar-refractivity contribution in [3.05, 3.63) is 30.1 Å². The standard InChI is InChI=1S/C12H17FN2/c1-12(2)7-9(8-14-12)15-11-6-4-3-5-10(11)13/h3-6,9,14-15H,7-8H2,1-2H3. The van der Waals surface area contributed by atoms with Gasteiger partial charge in [0.2, 0.25) is 0 Å². The molecule has 0 aromatic heterocycles. The Hall–Kier alpha value is -1.09. The molecular formula is C12H17FN2. The second-order valence-corrected chi connectivity index (χ2v) is 4.79. The monoisotopic (exact) mass is 208 g/mol. The van der Waals surface area contributed by atoms with E-state index in [0.717, 1.165) is 13.0 Å². The fourth-order valence-corrected chi connectivity index (χ4v) is 2.06. The van der Waals surface area contributed by atoms with E-state index < -0.39 is 0 Å². The third-order valence-electron chi connectivity index (χ3n) is 2.82. The SMILES string of the molecule is CC1(C)CC(Nc2ccccc2F)CN1. The van der Waals surface area contributed by atoms with E-state index in [9.17, 15) is 4.39 Å². The zero-order chi connectivity index (χ0) is 10.9. The predicted octanol–water partition coefficient (Wildman–Crippen LogP) is 2.38. The molecule has 2 nitrogen and oxygen atoms in total. The molecule has 1 saturated heterocycles. The summed E-state index contributed by atoms with van der Waals surface area (Å²) in [7, 11) is 0. The highest BCUT2D eigenvalue weighted by molar-refractivity contribution is 5.45. The van der Waals surface area contributed by atoms with Crippen LogP contribution in [-0.2, 0) is 0 Å². The lowest BCUT2D eigenvalue weighted by atomic mass is 10.0.